The molecule has 10 heteroatoms. The predicted molar refractivity (Wildman–Crippen MR) is 129 cm³/mol. The fourth-order valence-electron chi connectivity index (χ4n) is 3.40. The molecule has 9 nitrogen and oxygen atoms in total. The van der Waals surface area contributed by atoms with E-state index in [9.17, 15) is 9.59 Å². The van der Waals surface area contributed by atoms with E-state index in [2.05, 4.69) is 10.1 Å². The van der Waals surface area contributed by atoms with Crippen molar-refractivity contribution in [1.29, 1.82) is 0 Å². The van der Waals surface area contributed by atoms with Crippen molar-refractivity contribution in [3.8, 4) is 11.5 Å². The molecule has 1 aromatic heterocycles. The molecule has 1 heterocycles. The fraction of sp³-hybridized carbons (Fsp3) is 0.333. The number of carbonyl (C=O) groups excluding carboxylic acids is 2. The first-order valence-corrected chi connectivity index (χ1v) is 11.6. The first kappa shape index (κ1) is 25.4. The molecule has 0 unspecified atom stereocenters. The summed E-state index contributed by atoms with van der Waals surface area (Å²) in [5.41, 5.74) is 9.52. The number of fused-ring (bicyclic) bond motifs is 1. The highest BCUT2D eigenvalue weighted by atomic mass is 32.1. The van der Waals surface area contributed by atoms with E-state index in [0.717, 1.165) is 21.2 Å². The topological polar surface area (TPSA) is 132 Å². The van der Waals surface area contributed by atoms with E-state index in [4.69, 9.17) is 20.4 Å². The van der Waals surface area contributed by atoms with Gasteiger partial charge >= 0.3 is 5.97 Å². The number of hydrogen-bond acceptors (Lipinski definition) is 9. The normalized spacial score (nSPS) is 11.8. The minimum Gasteiger partial charge on any atom is -0.493 e. The van der Waals surface area contributed by atoms with E-state index < -0.39 is 17.9 Å². The van der Waals surface area contributed by atoms with Gasteiger partial charge in [-0.3, -0.25) is 14.8 Å². The Bertz CT molecular complexity index is 1130. The van der Waals surface area contributed by atoms with Crippen LogP contribution in [0.15, 0.2) is 42.5 Å². The first-order valence-electron chi connectivity index (χ1n) is 10.8. The fourth-order valence-corrected chi connectivity index (χ4v) is 4.42. The number of hydroxylamine groups is 1. The van der Waals surface area contributed by atoms with Gasteiger partial charge in [0.2, 0.25) is 0 Å². The molecule has 0 radical (unpaired) electrons. The molecule has 0 aliphatic rings. The van der Waals surface area contributed by atoms with Gasteiger partial charge < -0.3 is 25.3 Å². The Balaban J connectivity index is 1.51. The van der Waals surface area contributed by atoms with E-state index in [0.29, 0.717) is 48.9 Å². The number of ether oxygens (including phenoxy) is 3. The number of nitrogens with one attached hydrogen (secondary N) is 2. The van der Waals surface area contributed by atoms with E-state index in [1.807, 2.05) is 36.4 Å². The summed E-state index contributed by atoms with van der Waals surface area (Å²) in [6.07, 6.45) is 1.09. The SMILES string of the molecule is COC(=O)[C@@H](N)CCCOc1ccc(CNCc2ccc3cc(C(=O)NO)sc3c2)cc1OC. The summed E-state index contributed by atoms with van der Waals surface area (Å²) in [5.74, 6) is 0.325. The van der Waals surface area contributed by atoms with Crippen molar-refractivity contribution >= 4 is 33.3 Å². The summed E-state index contributed by atoms with van der Waals surface area (Å²) >= 11 is 1.33. The maximum Gasteiger partial charge on any atom is 0.322 e. The Labute approximate surface area is 201 Å². The third-order valence-electron chi connectivity index (χ3n) is 5.22. The van der Waals surface area contributed by atoms with E-state index in [-0.39, 0.29) is 0 Å². The highest BCUT2D eigenvalue weighted by molar-refractivity contribution is 7.20. The quantitative estimate of drug-likeness (QED) is 0.133. The van der Waals surface area contributed by atoms with Gasteiger partial charge in [0.1, 0.15) is 6.04 Å². The van der Waals surface area contributed by atoms with Crippen molar-refractivity contribution in [3.05, 3.63) is 58.5 Å². The summed E-state index contributed by atoms with van der Waals surface area (Å²) in [5, 5.41) is 13.2. The van der Waals surface area contributed by atoms with Gasteiger partial charge in [0.15, 0.2) is 11.5 Å². The molecule has 3 rings (SSSR count). The van der Waals surface area contributed by atoms with Crippen LogP contribution in [0, 0.1) is 0 Å². The monoisotopic (exact) mass is 487 g/mol. The molecule has 182 valence electrons. The van der Waals surface area contributed by atoms with Gasteiger partial charge in [-0.1, -0.05) is 18.2 Å². The molecular formula is C24H29N3O6S. The molecule has 0 aliphatic heterocycles. The van der Waals surface area contributed by atoms with Crippen LogP contribution in [-0.4, -0.2) is 44.0 Å². The standard InChI is InChI=1S/C24H29N3O6S/c1-31-20-10-15(6-8-19(20)33-9-3-4-18(25)24(29)32-2)13-26-14-16-5-7-17-12-22(23(28)27-30)34-21(17)11-16/h5-8,10-12,18,26,30H,3-4,9,13-14,25H2,1-2H3,(H,27,28)/t18-/m0/s1. The van der Waals surface area contributed by atoms with Crippen molar-refractivity contribution in [2.75, 3.05) is 20.8 Å². The summed E-state index contributed by atoms with van der Waals surface area (Å²) in [6, 6.07) is 12.9. The predicted octanol–water partition coefficient (Wildman–Crippen LogP) is 2.98. The molecule has 0 saturated heterocycles. The van der Waals surface area contributed by atoms with Gasteiger partial charge in [0.05, 0.1) is 25.7 Å². The number of amides is 1. The number of benzene rings is 2. The maximum atomic E-state index is 11.6. The minimum atomic E-state index is -0.647. The number of methoxy groups -OCH3 is 2. The number of hydrogen-bond donors (Lipinski definition) is 4. The summed E-state index contributed by atoms with van der Waals surface area (Å²) < 4.78 is 16.9. The van der Waals surface area contributed by atoms with Gasteiger partial charge in [-0.15, -0.1) is 11.3 Å². The second-order valence-corrected chi connectivity index (χ2v) is 8.72. The lowest BCUT2D eigenvalue weighted by Gasteiger charge is -2.14. The maximum absolute atomic E-state index is 11.6. The van der Waals surface area contributed by atoms with Crippen molar-refractivity contribution < 1.29 is 29.0 Å². The molecule has 3 aromatic rings. The van der Waals surface area contributed by atoms with Crippen LogP contribution in [0.2, 0.25) is 0 Å². The molecule has 1 amide bonds. The van der Waals surface area contributed by atoms with Gasteiger partial charge in [-0.05, 0) is 53.6 Å². The molecular weight excluding hydrogens is 458 g/mol. The van der Waals surface area contributed by atoms with Crippen molar-refractivity contribution in [3.63, 3.8) is 0 Å². The molecule has 0 bridgehead atoms. The van der Waals surface area contributed by atoms with Crippen LogP contribution in [0.1, 0.15) is 33.6 Å². The van der Waals surface area contributed by atoms with Gasteiger partial charge in [-0.25, -0.2) is 5.48 Å². The number of nitrogens with two attached hydrogens (primary N) is 1. The molecule has 0 fully saturated rings. The highest BCUT2D eigenvalue weighted by Gasteiger charge is 2.13. The average Bonchev–Trinajstić information content (AvgIpc) is 3.29. The smallest absolute Gasteiger partial charge is 0.322 e. The van der Waals surface area contributed by atoms with Crippen LogP contribution in [0.25, 0.3) is 10.1 Å². The number of esters is 1. The lowest BCUT2D eigenvalue weighted by molar-refractivity contribution is -0.142. The summed E-state index contributed by atoms with van der Waals surface area (Å²) in [4.78, 5) is 23.4. The third-order valence-corrected chi connectivity index (χ3v) is 6.31. The lowest BCUT2D eigenvalue weighted by Crippen LogP contribution is -2.31. The Morgan fingerprint density at radius 3 is 2.50 bits per heavy atom. The Morgan fingerprint density at radius 1 is 1.06 bits per heavy atom. The Morgan fingerprint density at radius 2 is 1.79 bits per heavy atom. The van der Waals surface area contributed by atoms with E-state index >= 15 is 0 Å². The second-order valence-electron chi connectivity index (χ2n) is 7.63. The molecule has 1 atom stereocenters. The molecule has 0 spiro atoms. The van der Waals surface area contributed by atoms with Crippen LogP contribution < -0.4 is 26.0 Å². The van der Waals surface area contributed by atoms with Crippen molar-refractivity contribution in [2.24, 2.45) is 5.73 Å². The second kappa shape index (κ2) is 12.3. The summed E-state index contributed by atoms with van der Waals surface area (Å²) in [6.45, 7) is 1.69. The molecule has 0 saturated carbocycles. The minimum absolute atomic E-state index is 0.408. The van der Waals surface area contributed by atoms with E-state index in [1.165, 1.54) is 18.4 Å². The molecule has 2 aromatic carbocycles. The van der Waals surface area contributed by atoms with E-state index in [1.54, 1.807) is 18.7 Å². The highest BCUT2D eigenvalue weighted by Crippen LogP contribution is 2.29. The van der Waals surface area contributed by atoms with Crippen molar-refractivity contribution in [2.45, 2.75) is 32.0 Å². The van der Waals surface area contributed by atoms with Gasteiger partial charge in [0.25, 0.3) is 5.91 Å². The number of thiophene rings is 1. The zero-order valence-corrected chi connectivity index (χ0v) is 19.9. The van der Waals surface area contributed by atoms with Gasteiger partial charge in [-0.2, -0.15) is 0 Å². The largest absolute Gasteiger partial charge is 0.493 e. The summed E-state index contributed by atoms with van der Waals surface area (Å²) in [7, 11) is 2.91. The average molecular weight is 488 g/mol. The molecule has 34 heavy (non-hydrogen) atoms. The first-order chi connectivity index (χ1) is 16.4. The van der Waals surface area contributed by atoms with Crippen LogP contribution in [0.5, 0.6) is 11.5 Å². The van der Waals surface area contributed by atoms with Crippen LogP contribution in [-0.2, 0) is 22.6 Å². The van der Waals surface area contributed by atoms with Crippen LogP contribution in [0.4, 0.5) is 0 Å². The number of carbonyl (C=O) groups is 2. The third kappa shape index (κ3) is 6.67. The van der Waals surface area contributed by atoms with Gasteiger partial charge in [0, 0.05) is 17.8 Å². The number of rotatable bonds is 12. The molecule has 5 N–H and O–H groups in total. The zero-order valence-electron chi connectivity index (χ0n) is 19.1. The van der Waals surface area contributed by atoms with Crippen LogP contribution >= 0.6 is 11.3 Å². The van der Waals surface area contributed by atoms with Crippen LogP contribution in [0.3, 0.4) is 0 Å². The Hall–Kier alpha value is -3.18. The van der Waals surface area contributed by atoms with Crippen molar-refractivity contribution in [1.82, 2.24) is 10.8 Å². The lowest BCUT2D eigenvalue weighted by atomic mass is 10.1. The zero-order chi connectivity index (χ0) is 24.5. The Kier molecular flexibility index (Phi) is 9.23. The molecule has 0 aliphatic carbocycles.